The number of carbonyl (C=O) groups is 1. The first-order chi connectivity index (χ1) is 13.2. The molecule has 0 aliphatic heterocycles. The minimum absolute atomic E-state index is 0.140. The molecule has 3 rings (SSSR count). The molecule has 0 aliphatic rings. The van der Waals surface area contributed by atoms with Crippen molar-refractivity contribution in [3.05, 3.63) is 63.5 Å². The molecule has 3 aromatic rings. The molecule has 0 radical (unpaired) electrons. The van der Waals surface area contributed by atoms with Gasteiger partial charge in [-0.05, 0) is 30.5 Å². The van der Waals surface area contributed by atoms with Crippen molar-refractivity contribution in [1.29, 1.82) is 0 Å². The van der Waals surface area contributed by atoms with E-state index in [-0.39, 0.29) is 18.0 Å². The summed E-state index contributed by atoms with van der Waals surface area (Å²) in [6.07, 6.45) is -2.09. The van der Waals surface area contributed by atoms with E-state index in [4.69, 9.17) is 23.2 Å². The number of nitrogens with zero attached hydrogens (tertiary/aromatic N) is 2. The number of aromatic nitrogens is 2. The first-order valence-electron chi connectivity index (χ1n) is 8.42. The van der Waals surface area contributed by atoms with E-state index in [1.54, 1.807) is 16.7 Å². The normalized spacial score (nSPS) is 11.8. The zero-order valence-electron chi connectivity index (χ0n) is 14.7. The van der Waals surface area contributed by atoms with Crippen molar-refractivity contribution in [3.63, 3.8) is 0 Å². The fourth-order valence-electron chi connectivity index (χ4n) is 2.86. The van der Waals surface area contributed by atoms with Gasteiger partial charge in [-0.15, -0.1) is 13.2 Å². The third-order valence-corrected chi connectivity index (χ3v) is 4.84. The van der Waals surface area contributed by atoms with Crippen molar-refractivity contribution in [2.45, 2.75) is 32.5 Å². The Bertz CT molecular complexity index is 1010. The van der Waals surface area contributed by atoms with E-state index in [0.29, 0.717) is 39.9 Å². The molecule has 0 bridgehead atoms. The van der Waals surface area contributed by atoms with Crippen LogP contribution < -0.4 is 4.74 Å². The van der Waals surface area contributed by atoms with Crippen molar-refractivity contribution in [2.75, 3.05) is 0 Å². The highest BCUT2D eigenvalue weighted by molar-refractivity contribution is 6.42. The molecule has 0 unspecified atom stereocenters. The third-order valence-electron chi connectivity index (χ3n) is 4.13. The van der Waals surface area contributed by atoms with E-state index in [1.807, 2.05) is 6.92 Å². The Labute approximate surface area is 168 Å². The van der Waals surface area contributed by atoms with E-state index in [0.717, 1.165) is 5.56 Å². The summed E-state index contributed by atoms with van der Waals surface area (Å²) in [6.45, 7) is 1.89. The van der Waals surface area contributed by atoms with Crippen LogP contribution in [-0.4, -0.2) is 21.5 Å². The first kappa shape index (κ1) is 20.5. The summed E-state index contributed by atoms with van der Waals surface area (Å²) in [4.78, 5) is 17.2. The molecule has 0 spiro atoms. The van der Waals surface area contributed by atoms with Crippen LogP contribution in [0.15, 0.2) is 36.5 Å². The number of Topliss-reactive ketones (excluding diaryl/α,β-unsaturated/α-hetero) is 1. The molecule has 0 fully saturated rings. The molecule has 9 heteroatoms. The van der Waals surface area contributed by atoms with E-state index in [1.165, 1.54) is 24.3 Å². The van der Waals surface area contributed by atoms with Crippen LogP contribution in [-0.2, 0) is 12.8 Å². The molecule has 1 aromatic carbocycles. The predicted octanol–water partition coefficient (Wildman–Crippen LogP) is 5.92. The number of aryl methyl sites for hydroxylation is 2. The lowest BCUT2D eigenvalue weighted by Crippen LogP contribution is -2.17. The second-order valence-electron chi connectivity index (χ2n) is 6.07. The Morgan fingerprint density at radius 2 is 1.86 bits per heavy atom. The number of imidazole rings is 1. The number of ketones is 1. The maximum absolute atomic E-state index is 12.8. The number of alkyl halides is 3. The lowest BCUT2D eigenvalue weighted by atomic mass is 10.0. The number of hydrogen-bond donors (Lipinski definition) is 0. The molecule has 28 heavy (non-hydrogen) atoms. The second-order valence-corrected chi connectivity index (χ2v) is 6.89. The van der Waals surface area contributed by atoms with Crippen LogP contribution in [0.1, 0.15) is 35.1 Å². The van der Waals surface area contributed by atoms with Crippen LogP contribution in [0.5, 0.6) is 5.75 Å². The summed E-state index contributed by atoms with van der Waals surface area (Å²) in [5, 5.41) is 0.658. The largest absolute Gasteiger partial charge is 0.573 e. The fourth-order valence-corrected chi connectivity index (χ4v) is 3.16. The predicted molar refractivity (Wildman–Crippen MR) is 100 cm³/mol. The van der Waals surface area contributed by atoms with Crippen LogP contribution in [0.3, 0.4) is 0 Å². The summed E-state index contributed by atoms with van der Waals surface area (Å²) in [7, 11) is 0. The average molecular weight is 431 g/mol. The molecule has 0 saturated carbocycles. The van der Waals surface area contributed by atoms with Crippen molar-refractivity contribution >= 4 is 34.6 Å². The molecule has 0 amide bonds. The minimum Gasteiger partial charge on any atom is -0.406 e. The van der Waals surface area contributed by atoms with Gasteiger partial charge in [0, 0.05) is 18.7 Å². The van der Waals surface area contributed by atoms with E-state index in [2.05, 4.69) is 9.72 Å². The van der Waals surface area contributed by atoms with E-state index in [9.17, 15) is 18.0 Å². The molecule has 0 aliphatic carbocycles. The van der Waals surface area contributed by atoms with Gasteiger partial charge in [-0.2, -0.15) is 0 Å². The second kappa shape index (κ2) is 8.01. The van der Waals surface area contributed by atoms with E-state index >= 15 is 0 Å². The maximum Gasteiger partial charge on any atom is 0.573 e. The number of fused-ring (bicyclic) bond motifs is 1. The van der Waals surface area contributed by atoms with Gasteiger partial charge in [-0.1, -0.05) is 42.3 Å². The van der Waals surface area contributed by atoms with Crippen LogP contribution in [0.4, 0.5) is 13.2 Å². The minimum atomic E-state index is -4.73. The number of pyridine rings is 1. The van der Waals surface area contributed by atoms with Gasteiger partial charge in [0.25, 0.3) is 0 Å². The zero-order chi connectivity index (χ0) is 20.5. The summed E-state index contributed by atoms with van der Waals surface area (Å²) < 4.78 is 42.1. The topological polar surface area (TPSA) is 43.6 Å². The van der Waals surface area contributed by atoms with Crippen molar-refractivity contribution in [2.24, 2.45) is 0 Å². The van der Waals surface area contributed by atoms with Crippen LogP contribution in [0.2, 0.25) is 10.0 Å². The summed E-state index contributed by atoms with van der Waals surface area (Å²) in [5.74, 6) is -0.442. The van der Waals surface area contributed by atoms with Crippen LogP contribution in [0.25, 0.3) is 5.65 Å². The molecule has 0 N–H and O–H groups in total. The van der Waals surface area contributed by atoms with Gasteiger partial charge in [-0.25, -0.2) is 4.98 Å². The van der Waals surface area contributed by atoms with Gasteiger partial charge in [-0.3, -0.25) is 9.20 Å². The Morgan fingerprint density at radius 3 is 2.46 bits per heavy atom. The Morgan fingerprint density at radius 1 is 1.18 bits per heavy atom. The lowest BCUT2D eigenvalue weighted by molar-refractivity contribution is -0.274. The smallest absolute Gasteiger partial charge is 0.406 e. The van der Waals surface area contributed by atoms with Crippen molar-refractivity contribution in [1.82, 2.24) is 9.38 Å². The molecular formula is C19H15Cl2F3N2O2. The molecule has 2 aromatic heterocycles. The SMILES string of the molecule is CCc1nc2cc(Cl)c(Cl)cn2c1C(=O)CCc1ccc(OC(F)(F)F)cc1. The van der Waals surface area contributed by atoms with Gasteiger partial charge in [0.2, 0.25) is 0 Å². The standard InChI is InChI=1S/C19H15Cl2F3N2O2/c1-2-15-18(26-10-14(21)13(20)9-17(26)25-15)16(27)8-5-11-3-6-12(7-4-11)28-19(22,23)24/h3-4,6-7,9-10H,2,5,8H2,1H3. The molecule has 0 saturated heterocycles. The van der Waals surface area contributed by atoms with Crippen LogP contribution in [0, 0.1) is 0 Å². The number of rotatable bonds is 6. The van der Waals surface area contributed by atoms with Gasteiger partial charge < -0.3 is 4.74 Å². The third kappa shape index (κ3) is 4.59. The molecule has 0 atom stereocenters. The molecular weight excluding hydrogens is 416 g/mol. The monoisotopic (exact) mass is 430 g/mol. The van der Waals surface area contributed by atoms with Gasteiger partial charge in [0.05, 0.1) is 15.7 Å². The van der Waals surface area contributed by atoms with Gasteiger partial charge in [0.15, 0.2) is 5.78 Å². The number of ether oxygens (including phenoxy) is 1. The average Bonchev–Trinajstić information content (AvgIpc) is 2.97. The number of carbonyl (C=O) groups excluding carboxylic acids is 1. The quantitative estimate of drug-likeness (QED) is 0.456. The number of halogens is 5. The number of hydrogen-bond acceptors (Lipinski definition) is 3. The summed E-state index contributed by atoms with van der Waals surface area (Å²) in [5.41, 5.74) is 2.32. The van der Waals surface area contributed by atoms with Crippen LogP contribution >= 0.6 is 23.2 Å². The highest BCUT2D eigenvalue weighted by atomic mass is 35.5. The van der Waals surface area contributed by atoms with E-state index < -0.39 is 6.36 Å². The highest BCUT2D eigenvalue weighted by Gasteiger charge is 2.31. The Kier molecular flexibility index (Phi) is 5.86. The number of benzene rings is 1. The molecule has 4 nitrogen and oxygen atoms in total. The van der Waals surface area contributed by atoms with Gasteiger partial charge in [0.1, 0.15) is 17.1 Å². The Hall–Kier alpha value is -2.25. The highest BCUT2D eigenvalue weighted by Crippen LogP contribution is 2.26. The van der Waals surface area contributed by atoms with Crippen molar-refractivity contribution < 1.29 is 22.7 Å². The molecule has 148 valence electrons. The Balaban J connectivity index is 1.77. The maximum atomic E-state index is 12.8. The first-order valence-corrected chi connectivity index (χ1v) is 9.17. The summed E-state index contributed by atoms with van der Waals surface area (Å²) in [6, 6.07) is 7.04. The van der Waals surface area contributed by atoms with Gasteiger partial charge >= 0.3 is 6.36 Å². The fraction of sp³-hybridized carbons (Fsp3) is 0.263. The zero-order valence-corrected chi connectivity index (χ0v) is 16.2. The summed E-state index contributed by atoms with van der Waals surface area (Å²) >= 11 is 12.1. The van der Waals surface area contributed by atoms with Crippen molar-refractivity contribution in [3.8, 4) is 5.75 Å². The lowest BCUT2D eigenvalue weighted by Gasteiger charge is -2.09. The molecule has 2 heterocycles.